The number of hydrogen-bond donors (Lipinski definition) is 1. The number of fused-ring (bicyclic) bond motifs is 1. The Kier molecular flexibility index (Phi) is 6.24. The Balaban J connectivity index is 1.63. The number of halogens is 1. The van der Waals surface area contributed by atoms with Gasteiger partial charge in [-0.3, -0.25) is 4.79 Å². The Morgan fingerprint density at radius 1 is 1.15 bits per heavy atom. The molecule has 0 atom stereocenters. The van der Waals surface area contributed by atoms with Gasteiger partial charge in [0, 0.05) is 37.5 Å². The zero-order chi connectivity index (χ0) is 19.2. The predicted molar refractivity (Wildman–Crippen MR) is 106 cm³/mol. The van der Waals surface area contributed by atoms with E-state index in [1.807, 2.05) is 36.4 Å². The molecular weight excluding hydrogens is 364 g/mol. The van der Waals surface area contributed by atoms with Crippen LogP contribution in [0, 0.1) is 0 Å². The van der Waals surface area contributed by atoms with E-state index in [1.165, 1.54) is 0 Å². The van der Waals surface area contributed by atoms with Gasteiger partial charge in [-0.25, -0.2) is 0 Å². The number of nitrogens with one attached hydrogen (secondary N) is 1. The molecule has 7 nitrogen and oxygen atoms in total. The Bertz CT molecular complexity index is 921. The van der Waals surface area contributed by atoms with Crippen molar-refractivity contribution >= 4 is 29.0 Å². The maximum atomic E-state index is 12.2. The van der Waals surface area contributed by atoms with Crippen LogP contribution in [0.3, 0.4) is 0 Å². The van der Waals surface area contributed by atoms with Crippen LogP contribution in [0.15, 0.2) is 36.4 Å². The Morgan fingerprint density at radius 3 is 2.67 bits per heavy atom. The maximum Gasteiger partial charge on any atom is 0.220 e. The minimum Gasteiger partial charge on any atom is -0.356 e. The topological polar surface area (TPSA) is 75.4 Å². The van der Waals surface area contributed by atoms with Crippen molar-refractivity contribution in [2.75, 3.05) is 18.0 Å². The smallest absolute Gasteiger partial charge is 0.220 e. The molecule has 0 saturated heterocycles. The molecule has 0 unspecified atom stereocenters. The molecule has 0 radical (unpaired) electrons. The number of aryl methyl sites for hydroxylation is 1. The predicted octanol–water partition coefficient (Wildman–Crippen LogP) is 2.87. The monoisotopic (exact) mass is 386 g/mol. The van der Waals surface area contributed by atoms with Crippen molar-refractivity contribution in [1.29, 1.82) is 0 Å². The van der Waals surface area contributed by atoms with Crippen LogP contribution < -0.4 is 10.2 Å². The molecule has 0 aliphatic heterocycles. The first-order valence-electron chi connectivity index (χ1n) is 9.08. The van der Waals surface area contributed by atoms with E-state index >= 15 is 0 Å². The average molecular weight is 387 g/mol. The Labute approximate surface area is 163 Å². The number of anilines is 1. The normalized spacial score (nSPS) is 10.9. The van der Waals surface area contributed by atoms with Crippen molar-refractivity contribution in [1.82, 2.24) is 25.1 Å². The first kappa shape index (κ1) is 19.1. The number of nitrogens with zero attached hydrogens (tertiary/aromatic N) is 5. The van der Waals surface area contributed by atoms with Gasteiger partial charge in [0.1, 0.15) is 5.82 Å². The van der Waals surface area contributed by atoms with Crippen LogP contribution in [0.5, 0.6) is 0 Å². The van der Waals surface area contributed by atoms with Crippen molar-refractivity contribution in [3.05, 3.63) is 52.8 Å². The standard InChI is InChI=1S/C19H23ClN6O/c1-3-25(4-2)18-10-9-16-22-23-17(26(16)24-18)11-12-19(27)21-13-14-7-5-6-8-15(14)20/h5-10H,3-4,11-13H2,1-2H3,(H,21,27). The van der Waals surface area contributed by atoms with Crippen molar-refractivity contribution in [2.24, 2.45) is 0 Å². The van der Waals surface area contributed by atoms with Crippen molar-refractivity contribution in [3.63, 3.8) is 0 Å². The third-order valence-corrected chi connectivity index (χ3v) is 4.78. The van der Waals surface area contributed by atoms with Crippen LogP contribution in [0.1, 0.15) is 31.7 Å². The molecule has 0 spiro atoms. The molecule has 0 saturated carbocycles. The molecule has 27 heavy (non-hydrogen) atoms. The zero-order valence-electron chi connectivity index (χ0n) is 15.5. The second-order valence-corrected chi connectivity index (χ2v) is 6.53. The van der Waals surface area contributed by atoms with E-state index in [2.05, 4.69) is 39.4 Å². The minimum atomic E-state index is -0.0634. The Morgan fingerprint density at radius 2 is 1.93 bits per heavy atom. The fraction of sp³-hybridized carbons (Fsp3) is 0.368. The third-order valence-electron chi connectivity index (χ3n) is 4.41. The first-order chi connectivity index (χ1) is 13.1. The molecule has 1 amide bonds. The summed E-state index contributed by atoms with van der Waals surface area (Å²) in [6.07, 6.45) is 0.770. The number of carbonyl (C=O) groups excluding carboxylic acids is 1. The quantitative estimate of drug-likeness (QED) is 0.644. The highest BCUT2D eigenvalue weighted by molar-refractivity contribution is 6.31. The summed E-state index contributed by atoms with van der Waals surface area (Å²) in [6, 6.07) is 11.3. The van der Waals surface area contributed by atoms with Gasteiger partial charge in [0.25, 0.3) is 0 Å². The lowest BCUT2D eigenvalue weighted by Gasteiger charge is -2.19. The van der Waals surface area contributed by atoms with Crippen LogP contribution in [0.4, 0.5) is 5.82 Å². The fourth-order valence-corrected chi connectivity index (χ4v) is 3.05. The highest BCUT2D eigenvalue weighted by Crippen LogP contribution is 2.15. The zero-order valence-corrected chi connectivity index (χ0v) is 16.3. The number of hydrogen-bond acceptors (Lipinski definition) is 5. The summed E-state index contributed by atoms with van der Waals surface area (Å²) in [7, 11) is 0. The molecule has 3 aromatic rings. The van der Waals surface area contributed by atoms with Gasteiger partial charge >= 0.3 is 0 Å². The summed E-state index contributed by atoms with van der Waals surface area (Å²) < 4.78 is 1.72. The van der Waals surface area contributed by atoms with E-state index in [0.717, 1.165) is 24.5 Å². The van der Waals surface area contributed by atoms with Gasteiger partial charge in [0.15, 0.2) is 11.5 Å². The van der Waals surface area contributed by atoms with E-state index in [9.17, 15) is 4.79 Å². The number of carbonyl (C=O) groups is 1. The lowest BCUT2D eigenvalue weighted by Crippen LogP contribution is -2.24. The molecular formula is C19H23ClN6O. The van der Waals surface area contributed by atoms with Crippen molar-refractivity contribution in [2.45, 2.75) is 33.2 Å². The van der Waals surface area contributed by atoms with Gasteiger partial charge in [-0.1, -0.05) is 29.8 Å². The number of aromatic nitrogens is 4. The molecule has 142 valence electrons. The van der Waals surface area contributed by atoms with E-state index in [1.54, 1.807) is 4.52 Å². The summed E-state index contributed by atoms with van der Waals surface area (Å²) in [5.41, 5.74) is 1.57. The molecule has 3 rings (SSSR count). The van der Waals surface area contributed by atoms with E-state index in [0.29, 0.717) is 35.9 Å². The molecule has 0 aliphatic rings. The van der Waals surface area contributed by atoms with Crippen molar-refractivity contribution in [3.8, 4) is 0 Å². The lowest BCUT2D eigenvalue weighted by atomic mass is 10.2. The van der Waals surface area contributed by atoms with Gasteiger partial charge in [-0.05, 0) is 37.6 Å². The second-order valence-electron chi connectivity index (χ2n) is 6.12. The van der Waals surface area contributed by atoms with E-state index in [-0.39, 0.29) is 5.91 Å². The average Bonchev–Trinajstić information content (AvgIpc) is 3.09. The van der Waals surface area contributed by atoms with Crippen LogP contribution in [0.25, 0.3) is 5.65 Å². The highest BCUT2D eigenvalue weighted by Gasteiger charge is 2.12. The van der Waals surface area contributed by atoms with Crippen LogP contribution in [0.2, 0.25) is 5.02 Å². The van der Waals surface area contributed by atoms with E-state index in [4.69, 9.17) is 11.6 Å². The molecule has 2 aromatic heterocycles. The summed E-state index contributed by atoms with van der Waals surface area (Å²) in [5, 5.41) is 16.5. The summed E-state index contributed by atoms with van der Waals surface area (Å²) in [6.45, 7) is 6.33. The third kappa shape index (κ3) is 4.54. The fourth-order valence-electron chi connectivity index (χ4n) is 2.85. The van der Waals surface area contributed by atoms with Crippen molar-refractivity contribution < 1.29 is 4.79 Å². The summed E-state index contributed by atoms with van der Waals surface area (Å²) in [4.78, 5) is 14.3. The highest BCUT2D eigenvalue weighted by atomic mass is 35.5. The SMILES string of the molecule is CCN(CC)c1ccc2nnc(CCC(=O)NCc3ccccc3Cl)n2n1. The number of benzene rings is 1. The molecule has 1 N–H and O–H groups in total. The van der Waals surface area contributed by atoms with Gasteiger partial charge in [-0.15, -0.1) is 15.3 Å². The van der Waals surface area contributed by atoms with Crippen LogP contribution in [-0.2, 0) is 17.8 Å². The van der Waals surface area contributed by atoms with Gasteiger partial charge in [0.2, 0.25) is 5.91 Å². The molecule has 0 bridgehead atoms. The molecule has 2 heterocycles. The maximum absolute atomic E-state index is 12.2. The minimum absolute atomic E-state index is 0.0634. The summed E-state index contributed by atoms with van der Waals surface area (Å²) in [5.74, 6) is 1.48. The second kappa shape index (κ2) is 8.81. The largest absolute Gasteiger partial charge is 0.356 e. The van der Waals surface area contributed by atoms with Crippen LogP contribution in [-0.4, -0.2) is 38.8 Å². The molecule has 1 aromatic carbocycles. The van der Waals surface area contributed by atoms with E-state index < -0.39 is 0 Å². The van der Waals surface area contributed by atoms with Gasteiger partial charge in [-0.2, -0.15) is 4.52 Å². The number of rotatable bonds is 8. The Hall–Kier alpha value is -2.67. The number of amides is 1. The summed E-state index contributed by atoms with van der Waals surface area (Å²) >= 11 is 6.11. The van der Waals surface area contributed by atoms with Gasteiger partial charge in [0.05, 0.1) is 0 Å². The first-order valence-corrected chi connectivity index (χ1v) is 9.46. The lowest BCUT2D eigenvalue weighted by molar-refractivity contribution is -0.121. The molecule has 0 fully saturated rings. The van der Waals surface area contributed by atoms with Crippen LogP contribution >= 0.6 is 11.6 Å². The molecule has 8 heteroatoms. The molecule has 0 aliphatic carbocycles. The van der Waals surface area contributed by atoms with Gasteiger partial charge < -0.3 is 10.2 Å².